The highest BCUT2D eigenvalue weighted by molar-refractivity contribution is 7.99. The van der Waals surface area contributed by atoms with Gasteiger partial charge < -0.3 is 25.4 Å². The fourth-order valence-electron chi connectivity index (χ4n) is 2.37. The second kappa shape index (κ2) is 7.94. The highest BCUT2D eigenvalue weighted by Gasteiger charge is 2.44. The van der Waals surface area contributed by atoms with Crippen LogP contribution in [0.5, 0.6) is 0 Å². The maximum absolute atomic E-state index is 11.3. The van der Waals surface area contributed by atoms with E-state index < -0.39 is 36.4 Å². The Labute approximate surface area is 133 Å². The summed E-state index contributed by atoms with van der Waals surface area (Å²) < 4.78 is 5.64. The third kappa shape index (κ3) is 4.21. The van der Waals surface area contributed by atoms with Gasteiger partial charge in [0.1, 0.15) is 23.7 Å². The SMILES string of the molecule is CC(=O)N[C@@H]1[C@@H](O)[C@H](O)[C@@H](CO)O[C@H]1SCc1ccccc1. The van der Waals surface area contributed by atoms with Crippen molar-refractivity contribution in [3.05, 3.63) is 35.9 Å². The van der Waals surface area contributed by atoms with Gasteiger partial charge in [0.05, 0.1) is 12.6 Å². The zero-order chi connectivity index (χ0) is 16.1. The Bertz CT molecular complexity index is 486. The summed E-state index contributed by atoms with van der Waals surface area (Å²) in [5.41, 5.74) is 0.526. The number of hydrogen-bond donors (Lipinski definition) is 4. The number of thioether (sulfide) groups is 1. The summed E-state index contributed by atoms with van der Waals surface area (Å²) in [6.45, 7) is 0.948. The van der Waals surface area contributed by atoms with Crippen LogP contribution in [-0.4, -0.2) is 57.6 Å². The van der Waals surface area contributed by atoms with Gasteiger partial charge >= 0.3 is 0 Å². The third-order valence-corrected chi connectivity index (χ3v) is 4.74. The lowest BCUT2D eigenvalue weighted by Crippen LogP contribution is -2.63. The summed E-state index contributed by atoms with van der Waals surface area (Å²) in [5.74, 6) is 0.315. The molecule has 6 nitrogen and oxygen atoms in total. The van der Waals surface area contributed by atoms with E-state index in [1.807, 2.05) is 30.3 Å². The van der Waals surface area contributed by atoms with Gasteiger partial charge in [-0.3, -0.25) is 4.79 Å². The summed E-state index contributed by atoms with van der Waals surface area (Å²) in [4.78, 5) is 11.3. The van der Waals surface area contributed by atoms with Gasteiger partial charge in [0.25, 0.3) is 0 Å². The van der Waals surface area contributed by atoms with Crippen LogP contribution in [0.4, 0.5) is 0 Å². The molecule has 2 rings (SSSR count). The minimum Gasteiger partial charge on any atom is -0.394 e. The number of carbonyl (C=O) groups excluding carboxylic acids is 1. The average Bonchev–Trinajstić information content (AvgIpc) is 2.52. The van der Waals surface area contributed by atoms with Crippen molar-refractivity contribution < 1.29 is 24.9 Å². The van der Waals surface area contributed by atoms with Gasteiger partial charge in [0, 0.05) is 12.7 Å². The summed E-state index contributed by atoms with van der Waals surface area (Å²) in [6.07, 6.45) is -3.30. The zero-order valence-corrected chi connectivity index (χ0v) is 13.1. The lowest BCUT2D eigenvalue weighted by atomic mass is 9.98. The molecule has 5 atom stereocenters. The van der Waals surface area contributed by atoms with Gasteiger partial charge in [-0.1, -0.05) is 30.3 Å². The number of ether oxygens (including phenoxy) is 1. The van der Waals surface area contributed by atoms with Crippen LogP contribution in [0.15, 0.2) is 30.3 Å². The molecular weight excluding hydrogens is 306 g/mol. The fourth-order valence-corrected chi connectivity index (χ4v) is 3.57. The molecule has 1 aromatic carbocycles. The molecule has 0 radical (unpaired) electrons. The Morgan fingerprint density at radius 1 is 1.27 bits per heavy atom. The van der Waals surface area contributed by atoms with Crippen molar-refractivity contribution in [3.63, 3.8) is 0 Å². The van der Waals surface area contributed by atoms with E-state index in [4.69, 9.17) is 4.74 Å². The van der Waals surface area contributed by atoms with Crippen LogP contribution in [0, 0.1) is 0 Å². The third-order valence-electron chi connectivity index (χ3n) is 3.51. The van der Waals surface area contributed by atoms with E-state index in [-0.39, 0.29) is 5.91 Å². The Kier molecular flexibility index (Phi) is 6.22. The Hall–Kier alpha value is -1.12. The normalized spacial score (nSPS) is 31.7. The summed E-state index contributed by atoms with van der Waals surface area (Å²) >= 11 is 1.41. The predicted octanol–water partition coefficient (Wildman–Crippen LogP) is -0.136. The molecule has 122 valence electrons. The first-order valence-electron chi connectivity index (χ1n) is 7.08. The van der Waals surface area contributed by atoms with Crippen molar-refractivity contribution in [2.75, 3.05) is 6.61 Å². The van der Waals surface area contributed by atoms with Gasteiger partial charge in [0.15, 0.2) is 0 Å². The standard InChI is InChI=1S/C15H21NO5S/c1-9(18)16-12-14(20)13(19)11(7-17)21-15(12)22-8-10-5-3-2-4-6-10/h2-6,11-15,17,19-20H,7-8H2,1H3,(H,16,18)/t11-,12-,13-,14-,15+/m1/s1. The van der Waals surface area contributed by atoms with Crippen molar-refractivity contribution in [1.82, 2.24) is 5.32 Å². The van der Waals surface area contributed by atoms with Gasteiger partial charge in [-0.15, -0.1) is 11.8 Å². The van der Waals surface area contributed by atoms with Crippen molar-refractivity contribution in [3.8, 4) is 0 Å². The molecule has 1 amide bonds. The maximum atomic E-state index is 11.3. The highest BCUT2D eigenvalue weighted by atomic mass is 32.2. The molecule has 0 aromatic heterocycles. The van der Waals surface area contributed by atoms with E-state index in [0.717, 1.165) is 5.56 Å². The molecule has 22 heavy (non-hydrogen) atoms. The van der Waals surface area contributed by atoms with Crippen LogP contribution in [0.3, 0.4) is 0 Å². The van der Waals surface area contributed by atoms with E-state index in [9.17, 15) is 20.1 Å². The lowest BCUT2D eigenvalue weighted by Gasteiger charge is -2.42. The first-order chi connectivity index (χ1) is 10.5. The topological polar surface area (TPSA) is 99.0 Å². The van der Waals surface area contributed by atoms with E-state index >= 15 is 0 Å². The Morgan fingerprint density at radius 2 is 1.95 bits per heavy atom. The van der Waals surface area contributed by atoms with Crippen LogP contribution in [0.25, 0.3) is 0 Å². The van der Waals surface area contributed by atoms with Crippen LogP contribution in [0.1, 0.15) is 12.5 Å². The fraction of sp³-hybridized carbons (Fsp3) is 0.533. The molecule has 0 bridgehead atoms. The monoisotopic (exact) mass is 327 g/mol. The molecule has 1 saturated heterocycles. The van der Waals surface area contributed by atoms with Crippen molar-refractivity contribution >= 4 is 17.7 Å². The number of aliphatic hydroxyl groups excluding tert-OH is 3. The van der Waals surface area contributed by atoms with Crippen molar-refractivity contribution in [1.29, 1.82) is 0 Å². The minimum atomic E-state index is -1.24. The van der Waals surface area contributed by atoms with E-state index in [1.54, 1.807) is 0 Å². The molecule has 1 aromatic rings. The quantitative estimate of drug-likeness (QED) is 0.601. The van der Waals surface area contributed by atoms with Crippen LogP contribution >= 0.6 is 11.8 Å². The van der Waals surface area contributed by atoms with E-state index in [0.29, 0.717) is 5.75 Å². The zero-order valence-electron chi connectivity index (χ0n) is 12.3. The van der Waals surface area contributed by atoms with Crippen LogP contribution in [-0.2, 0) is 15.3 Å². The van der Waals surface area contributed by atoms with Gasteiger partial charge in [-0.05, 0) is 5.56 Å². The minimum absolute atomic E-state index is 0.312. The number of hydrogen-bond acceptors (Lipinski definition) is 6. The Morgan fingerprint density at radius 3 is 2.55 bits per heavy atom. The van der Waals surface area contributed by atoms with Crippen LogP contribution < -0.4 is 5.32 Å². The molecule has 0 spiro atoms. The van der Waals surface area contributed by atoms with Crippen molar-refractivity contribution in [2.45, 2.75) is 42.5 Å². The molecule has 1 fully saturated rings. The average molecular weight is 327 g/mol. The summed E-state index contributed by atoms with van der Waals surface area (Å²) in [5, 5.41) is 32.0. The smallest absolute Gasteiger partial charge is 0.217 e. The molecule has 7 heteroatoms. The predicted molar refractivity (Wildman–Crippen MR) is 83.1 cm³/mol. The van der Waals surface area contributed by atoms with Crippen LogP contribution in [0.2, 0.25) is 0 Å². The van der Waals surface area contributed by atoms with Gasteiger partial charge in [-0.2, -0.15) is 0 Å². The molecule has 1 heterocycles. The number of nitrogens with one attached hydrogen (secondary N) is 1. The van der Waals surface area contributed by atoms with Gasteiger partial charge in [-0.25, -0.2) is 0 Å². The number of aliphatic hydroxyl groups is 3. The van der Waals surface area contributed by atoms with Crippen molar-refractivity contribution in [2.24, 2.45) is 0 Å². The molecule has 1 aliphatic heterocycles. The number of amides is 1. The highest BCUT2D eigenvalue weighted by Crippen LogP contribution is 2.30. The van der Waals surface area contributed by atoms with E-state index in [1.165, 1.54) is 18.7 Å². The van der Waals surface area contributed by atoms with E-state index in [2.05, 4.69) is 5.32 Å². The second-order valence-corrected chi connectivity index (χ2v) is 6.32. The molecule has 0 saturated carbocycles. The number of carbonyl (C=O) groups is 1. The number of rotatable bonds is 5. The molecule has 4 N–H and O–H groups in total. The Balaban J connectivity index is 2.07. The molecular formula is C15H21NO5S. The first-order valence-corrected chi connectivity index (χ1v) is 8.13. The molecule has 1 aliphatic rings. The summed E-state index contributed by atoms with van der Waals surface area (Å²) in [6, 6.07) is 8.99. The maximum Gasteiger partial charge on any atom is 0.217 e. The first kappa shape index (κ1) is 17.2. The molecule has 0 aliphatic carbocycles. The lowest BCUT2D eigenvalue weighted by molar-refractivity contribution is -0.173. The molecule has 0 unspecified atom stereocenters. The van der Waals surface area contributed by atoms with Gasteiger partial charge in [0.2, 0.25) is 5.91 Å². The second-order valence-electron chi connectivity index (χ2n) is 5.23. The largest absolute Gasteiger partial charge is 0.394 e. The number of benzene rings is 1. The summed E-state index contributed by atoms with van der Waals surface area (Å²) in [7, 11) is 0.